The molecule has 0 aliphatic rings. The highest BCUT2D eigenvalue weighted by Crippen LogP contribution is 2.17. The van der Waals surface area contributed by atoms with Gasteiger partial charge in [-0.05, 0) is 50.1 Å². The topological polar surface area (TPSA) is 68.3 Å². The van der Waals surface area contributed by atoms with Gasteiger partial charge in [0.1, 0.15) is 5.15 Å². The molecule has 2 rings (SSSR count). The first-order valence-corrected chi connectivity index (χ1v) is 7.45. The lowest BCUT2D eigenvalue weighted by atomic mass is 10.1. The molecule has 0 spiro atoms. The first-order chi connectivity index (χ1) is 10.9. The molecule has 120 valence electrons. The fraction of sp³-hybridized carbons (Fsp3) is 0.235. The summed E-state index contributed by atoms with van der Waals surface area (Å²) in [5, 5.41) is 2.95. The third-order valence-corrected chi connectivity index (χ3v) is 3.47. The highest BCUT2D eigenvalue weighted by Gasteiger charge is 2.19. The summed E-state index contributed by atoms with van der Waals surface area (Å²) in [6, 6.07) is 8.61. The van der Waals surface area contributed by atoms with Gasteiger partial charge in [0.15, 0.2) is 6.10 Å². The molecule has 1 heterocycles. The Labute approximate surface area is 139 Å². The van der Waals surface area contributed by atoms with E-state index < -0.39 is 18.0 Å². The molecule has 1 amide bonds. The molecule has 1 unspecified atom stereocenters. The molecule has 5 nitrogen and oxygen atoms in total. The number of benzene rings is 1. The molecule has 2 aromatic rings. The van der Waals surface area contributed by atoms with E-state index in [1.54, 1.807) is 0 Å². The molecule has 1 aromatic heterocycles. The van der Waals surface area contributed by atoms with E-state index in [-0.39, 0.29) is 10.7 Å². The largest absolute Gasteiger partial charge is 0.449 e. The third kappa shape index (κ3) is 4.53. The number of anilines is 1. The summed E-state index contributed by atoms with van der Waals surface area (Å²) < 4.78 is 5.16. The van der Waals surface area contributed by atoms with Gasteiger partial charge in [-0.25, -0.2) is 9.78 Å². The monoisotopic (exact) mass is 332 g/mol. The van der Waals surface area contributed by atoms with Gasteiger partial charge < -0.3 is 10.1 Å². The van der Waals surface area contributed by atoms with Crippen molar-refractivity contribution in [1.82, 2.24) is 4.98 Å². The van der Waals surface area contributed by atoms with E-state index in [1.165, 1.54) is 25.3 Å². The Morgan fingerprint density at radius 3 is 2.65 bits per heavy atom. The summed E-state index contributed by atoms with van der Waals surface area (Å²) in [6.07, 6.45) is 0.467. The molecule has 0 saturated heterocycles. The molecular weight excluding hydrogens is 316 g/mol. The van der Waals surface area contributed by atoms with Gasteiger partial charge >= 0.3 is 5.97 Å². The number of esters is 1. The molecule has 0 bridgehead atoms. The fourth-order valence-corrected chi connectivity index (χ4v) is 2.09. The summed E-state index contributed by atoms with van der Waals surface area (Å²) in [7, 11) is 0. The Bertz CT molecular complexity index is 746. The molecule has 0 fully saturated rings. The number of halogens is 1. The minimum Gasteiger partial charge on any atom is -0.449 e. The van der Waals surface area contributed by atoms with Gasteiger partial charge in [0.25, 0.3) is 5.91 Å². The average Bonchev–Trinajstić information content (AvgIpc) is 2.50. The van der Waals surface area contributed by atoms with Crippen LogP contribution in [-0.2, 0) is 9.53 Å². The van der Waals surface area contributed by atoms with Crippen LogP contribution in [0.25, 0.3) is 0 Å². The van der Waals surface area contributed by atoms with Crippen molar-refractivity contribution in [2.24, 2.45) is 0 Å². The van der Waals surface area contributed by atoms with E-state index in [9.17, 15) is 9.59 Å². The smallest absolute Gasteiger partial charge is 0.339 e. The van der Waals surface area contributed by atoms with Crippen molar-refractivity contribution < 1.29 is 14.3 Å². The van der Waals surface area contributed by atoms with Crippen LogP contribution in [0.4, 0.5) is 5.69 Å². The number of hydrogen-bond donors (Lipinski definition) is 1. The van der Waals surface area contributed by atoms with Crippen LogP contribution in [0.15, 0.2) is 36.5 Å². The second-order valence-electron chi connectivity index (χ2n) is 5.22. The zero-order valence-electron chi connectivity index (χ0n) is 13.1. The fourth-order valence-electron chi connectivity index (χ4n) is 1.92. The number of ether oxygens (including phenoxy) is 1. The molecule has 0 saturated carbocycles. The van der Waals surface area contributed by atoms with Gasteiger partial charge in [-0.1, -0.05) is 23.7 Å². The molecule has 6 heteroatoms. The van der Waals surface area contributed by atoms with E-state index in [1.807, 2.05) is 32.0 Å². The van der Waals surface area contributed by atoms with E-state index in [0.29, 0.717) is 5.69 Å². The summed E-state index contributed by atoms with van der Waals surface area (Å²) in [5.74, 6) is -1.02. The van der Waals surface area contributed by atoms with E-state index in [2.05, 4.69) is 10.3 Å². The molecule has 23 heavy (non-hydrogen) atoms. The van der Waals surface area contributed by atoms with Crippen LogP contribution in [0.1, 0.15) is 28.4 Å². The van der Waals surface area contributed by atoms with Gasteiger partial charge in [-0.2, -0.15) is 0 Å². The summed E-state index contributed by atoms with van der Waals surface area (Å²) >= 11 is 5.73. The number of nitrogens with zero attached hydrogens (tertiary/aromatic N) is 1. The Morgan fingerprint density at radius 1 is 1.22 bits per heavy atom. The lowest BCUT2D eigenvalue weighted by molar-refractivity contribution is -0.123. The number of nitrogens with one attached hydrogen (secondary N) is 1. The van der Waals surface area contributed by atoms with Gasteiger partial charge in [-0.3, -0.25) is 4.79 Å². The number of aryl methyl sites for hydroxylation is 2. The number of amides is 1. The van der Waals surface area contributed by atoms with Crippen LogP contribution >= 0.6 is 11.6 Å². The van der Waals surface area contributed by atoms with Crippen LogP contribution < -0.4 is 5.32 Å². The van der Waals surface area contributed by atoms with Crippen molar-refractivity contribution in [3.8, 4) is 0 Å². The van der Waals surface area contributed by atoms with Crippen molar-refractivity contribution in [3.63, 3.8) is 0 Å². The van der Waals surface area contributed by atoms with E-state index in [4.69, 9.17) is 16.3 Å². The minimum absolute atomic E-state index is 0.187. The summed E-state index contributed by atoms with van der Waals surface area (Å²) in [5.41, 5.74) is 2.91. The van der Waals surface area contributed by atoms with Crippen molar-refractivity contribution >= 4 is 29.2 Å². The van der Waals surface area contributed by atoms with E-state index in [0.717, 1.165) is 11.1 Å². The predicted molar refractivity (Wildman–Crippen MR) is 88.7 cm³/mol. The Hall–Kier alpha value is -2.40. The quantitative estimate of drug-likeness (QED) is 0.687. The highest BCUT2D eigenvalue weighted by atomic mass is 35.5. The van der Waals surface area contributed by atoms with Gasteiger partial charge in [0, 0.05) is 11.9 Å². The second kappa shape index (κ2) is 7.24. The molecule has 0 aliphatic heterocycles. The van der Waals surface area contributed by atoms with Crippen LogP contribution in [0.2, 0.25) is 5.15 Å². The highest BCUT2D eigenvalue weighted by molar-refractivity contribution is 6.29. The number of pyridine rings is 1. The normalized spacial score (nSPS) is 11.7. The Balaban J connectivity index is 2.02. The Morgan fingerprint density at radius 2 is 1.96 bits per heavy atom. The van der Waals surface area contributed by atoms with Gasteiger partial charge in [0.2, 0.25) is 0 Å². The zero-order chi connectivity index (χ0) is 17.0. The molecule has 0 radical (unpaired) electrons. The van der Waals surface area contributed by atoms with Crippen LogP contribution in [0, 0.1) is 13.8 Å². The maximum Gasteiger partial charge on any atom is 0.339 e. The molecule has 1 atom stereocenters. The predicted octanol–water partition coefficient (Wildman–Crippen LogP) is 3.54. The summed E-state index contributed by atoms with van der Waals surface area (Å²) in [4.78, 5) is 28.0. The van der Waals surface area contributed by atoms with Crippen molar-refractivity contribution in [3.05, 3.63) is 58.4 Å². The number of rotatable bonds is 4. The molecular formula is C17H17ClN2O3. The maximum atomic E-state index is 12.2. The van der Waals surface area contributed by atoms with Gasteiger partial charge in [-0.15, -0.1) is 0 Å². The van der Waals surface area contributed by atoms with E-state index >= 15 is 0 Å². The Kier molecular flexibility index (Phi) is 5.34. The van der Waals surface area contributed by atoms with Crippen LogP contribution in [-0.4, -0.2) is 23.0 Å². The molecule has 1 N–H and O–H groups in total. The second-order valence-corrected chi connectivity index (χ2v) is 5.61. The number of carbonyl (C=O) groups is 2. The SMILES string of the molecule is Cc1ccc(C)c(NC(=O)C(C)OC(=O)c2ccnc(Cl)c2)c1. The first-order valence-electron chi connectivity index (χ1n) is 7.07. The first kappa shape index (κ1) is 17.0. The number of carbonyl (C=O) groups excluding carboxylic acids is 2. The lowest BCUT2D eigenvalue weighted by Crippen LogP contribution is -2.30. The minimum atomic E-state index is -0.936. The van der Waals surface area contributed by atoms with Crippen molar-refractivity contribution in [1.29, 1.82) is 0 Å². The molecule has 0 aliphatic carbocycles. The van der Waals surface area contributed by atoms with Crippen molar-refractivity contribution in [2.45, 2.75) is 26.9 Å². The van der Waals surface area contributed by atoms with Gasteiger partial charge in [0.05, 0.1) is 5.56 Å². The number of aromatic nitrogens is 1. The standard InChI is InChI=1S/C17H17ClN2O3/c1-10-4-5-11(2)14(8-10)20-16(21)12(3)23-17(22)13-6-7-19-15(18)9-13/h4-9,12H,1-3H3,(H,20,21). The summed E-state index contributed by atoms with van der Waals surface area (Å²) in [6.45, 7) is 5.34. The number of hydrogen-bond acceptors (Lipinski definition) is 4. The third-order valence-electron chi connectivity index (χ3n) is 3.27. The maximum absolute atomic E-state index is 12.2. The lowest BCUT2D eigenvalue weighted by Gasteiger charge is -2.15. The van der Waals surface area contributed by atoms with Crippen LogP contribution in [0.3, 0.4) is 0 Å². The zero-order valence-corrected chi connectivity index (χ0v) is 13.8. The van der Waals surface area contributed by atoms with Crippen LogP contribution in [0.5, 0.6) is 0 Å². The molecule has 1 aromatic carbocycles. The average molecular weight is 333 g/mol. The van der Waals surface area contributed by atoms with Crippen molar-refractivity contribution in [2.75, 3.05) is 5.32 Å².